The van der Waals surface area contributed by atoms with Gasteiger partial charge in [-0.1, -0.05) is 30.3 Å². The Hall–Kier alpha value is -2.08. The largest absolute Gasteiger partial charge is 0.370 e. The molecule has 0 aliphatic carbocycles. The van der Waals surface area contributed by atoms with Crippen molar-refractivity contribution in [2.75, 3.05) is 26.2 Å². The van der Waals surface area contributed by atoms with Crippen LogP contribution in [0.1, 0.15) is 24.8 Å². The van der Waals surface area contributed by atoms with Gasteiger partial charge in [0.15, 0.2) is 0 Å². The molecule has 6 heteroatoms. The van der Waals surface area contributed by atoms with Crippen molar-refractivity contribution in [1.29, 1.82) is 0 Å². The van der Waals surface area contributed by atoms with Crippen molar-refractivity contribution >= 4 is 11.9 Å². The van der Waals surface area contributed by atoms with Gasteiger partial charge in [-0.3, -0.25) is 4.79 Å². The maximum atomic E-state index is 12.7. The fourth-order valence-electron chi connectivity index (χ4n) is 4.14. The normalized spacial score (nSPS) is 28.2. The second kappa shape index (κ2) is 7.04. The molecule has 4 rings (SSSR count). The molecule has 3 amide bonds. The fraction of sp³-hybridized carbons (Fsp3) is 0.579. The molecule has 0 aromatic heterocycles. The molecule has 2 bridgehead atoms. The third-order valence-corrected chi connectivity index (χ3v) is 5.47. The monoisotopic (exact) mass is 343 g/mol. The van der Waals surface area contributed by atoms with E-state index in [2.05, 4.69) is 5.32 Å². The molecule has 0 spiro atoms. The van der Waals surface area contributed by atoms with E-state index in [9.17, 15) is 9.59 Å². The van der Waals surface area contributed by atoms with Gasteiger partial charge in [-0.15, -0.1) is 0 Å². The lowest BCUT2D eigenvalue weighted by Gasteiger charge is -2.33. The molecule has 1 N–H and O–H groups in total. The van der Waals surface area contributed by atoms with E-state index in [1.165, 1.54) is 0 Å². The molecule has 6 nitrogen and oxygen atoms in total. The predicted molar refractivity (Wildman–Crippen MR) is 92.8 cm³/mol. The number of benzene rings is 1. The van der Waals surface area contributed by atoms with Crippen LogP contribution in [0.2, 0.25) is 0 Å². The first kappa shape index (κ1) is 16.4. The van der Waals surface area contributed by atoms with Crippen LogP contribution in [0.25, 0.3) is 0 Å². The summed E-state index contributed by atoms with van der Waals surface area (Å²) in [7, 11) is 0. The molecule has 3 aliphatic rings. The molecule has 0 radical (unpaired) electrons. The third-order valence-electron chi connectivity index (χ3n) is 5.47. The van der Waals surface area contributed by atoms with E-state index in [1.807, 2.05) is 35.2 Å². The number of hydrogen-bond donors (Lipinski definition) is 1. The molecule has 3 saturated heterocycles. The van der Waals surface area contributed by atoms with Crippen LogP contribution >= 0.6 is 0 Å². The molecule has 0 unspecified atom stereocenters. The van der Waals surface area contributed by atoms with Crippen LogP contribution in [0, 0.1) is 5.92 Å². The summed E-state index contributed by atoms with van der Waals surface area (Å²) in [5, 5.41) is 2.97. The van der Waals surface area contributed by atoms with Gasteiger partial charge in [0.25, 0.3) is 0 Å². The molecule has 1 aromatic rings. The van der Waals surface area contributed by atoms with Gasteiger partial charge in [-0.25, -0.2) is 4.79 Å². The average molecular weight is 343 g/mol. The number of nitrogens with zero attached hydrogens (tertiary/aromatic N) is 2. The van der Waals surface area contributed by atoms with Crippen molar-refractivity contribution < 1.29 is 14.3 Å². The number of fused-ring (bicyclic) bond motifs is 2. The lowest BCUT2D eigenvalue weighted by molar-refractivity contribution is -0.137. The minimum atomic E-state index is -0.158. The van der Waals surface area contributed by atoms with Crippen LogP contribution in [0.4, 0.5) is 4.79 Å². The Morgan fingerprint density at radius 1 is 1.08 bits per heavy atom. The number of likely N-dealkylation sites (tertiary alicyclic amines) is 2. The molecule has 25 heavy (non-hydrogen) atoms. The summed E-state index contributed by atoms with van der Waals surface area (Å²) in [5.41, 5.74) is 1.08. The Morgan fingerprint density at radius 3 is 2.60 bits per heavy atom. The summed E-state index contributed by atoms with van der Waals surface area (Å²) >= 11 is 0. The number of urea groups is 1. The van der Waals surface area contributed by atoms with Crippen molar-refractivity contribution in [3.8, 4) is 0 Å². The molecule has 3 atom stereocenters. The van der Waals surface area contributed by atoms with Gasteiger partial charge < -0.3 is 19.9 Å². The van der Waals surface area contributed by atoms with Crippen molar-refractivity contribution in [3.63, 3.8) is 0 Å². The van der Waals surface area contributed by atoms with Crippen LogP contribution in [0.3, 0.4) is 0 Å². The maximum Gasteiger partial charge on any atom is 0.317 e. The van der Waals surface area contributed by atoms with Crippen LogP contribution in [0.15, 0.2) is 30.3 Å². The van der Waals surface area contributed by atoms with Gasteiger partial charge >= 0.3 is 6.03 Å². The van der Waals surface area contributed by atoms with E-state index in [1.54, 1.807) is 4.90 Å². The molecule has 134 valence electrons. The molecule has 3 heterocycles. The number of carbonyl (C=O) groups excluding carboxylic acids is 2. The van der Waals surface area contributed by atoms with E-state index >= 15 is 0 Å². The molecule has 0 saturated carbocycles. The highest BCUT2D eigenvalue weighted by Gasteiger charge is 2.47. The van der Waals surface area contributed by atoms with Crippen molar-refractivity contribution in [2.24, 2.45) is 5.92 Å². The zero-order chi connectivity index (χ0) is 17.2. The van der Waals surface area contributed by atoms with Crippen LogP contribution < -0.4 is 5.32 Å². The second-order valence-corrected chi connectivity index (χ2v) is 7.22. The first-order valence-electron chi connectivity index (χ1n) is 9.21. The standard InChI is InChI=1S/C19H25N3O3/c23-18(21-8-4-5-9-21)16-10-15-12-22(13-17(16)25-15)19(24)20-11-14-6-2-1-3-7-14/h1-3,6-7,15-17H,4-5,8-13H2,(H,20,24)/t15-,16-,17-/m0/s1. The SMILES string of the molecule is O=C(NCc1ccccc1)N1C[C@@H]2C[C@H](C(=O)N3CCCC3)[C@H](C1)O2. The Balaban J connectivity index is 1.33. The minimum Gasteiger partial charge on any atom is -0.370 e. The number of carbonyl (C=O) groups is 2. The molecular formula is C19H25N3O3. The fourth-order valence-corrected chi connectivity index (χ4v) is 4.14. The Kier molecular flexibility index (Phi) is 4.61. The van der Waals surface area contributed by atoms with Crippen molar-refractivity contribution in [2.45, 2.75) is 38.0 Å². The first-order chi connectivity index (χ1) is 12.2. The Bertz CT molecular complexity index is 630. The zero-order valence-electron chi connectivity index (χ0n) is 14.4. The van der Waals surface area contributed by atoms with E-state index in [-0.39, 0.29) is 30.1 Å². The zero-order valence-corrected chi connectivity index (χ0v) is 14.4. The summed E-state index contributed by atoms with van der Waals surface area (Å²) in [4.78, 5) is 29.0. The smallest absolute Gasteiger partial charge is 0.317 e. The minimum absolute atomic E-state index is 0.0159. The summed E-state index contributed by atoms with van der Waals surface area (Å²) in [6.45, 7) is 3.33. The van der Waals surface area contributed by atoms with Crippen LogP contribution in [-0.4, -0.2) is 60.1 Å². The van der Waals surface area contributed by atoms with Gasteiger partial charge in [0.1, 0.15) is 0 Å². The predicted octanol–water partition coefficient (Wildman–Crippen LogP) is 1.61. The Morgan fingerprint density at radius 2 is 1.84 bits per heavy atom. The van der Waals surface area contributed by atoms with Gasteiger partial charge in [-0.05, 0) is 24.8 Å². The maximum absolute atomic E-state index is 12.7. The number of amides is 3. The topological polar surface area (TPSA) is 61.9 Å². The molecule has 3 fully saturated rings. The number of nitrogens with one attached hydrogen (secondary N) is 1. The van der Waals surface area contributed by atoms with Crippen LogP contribution in [-0.2, 0) is 16.1 Å². The summed E-state index contributed by atoms with van der Waals surface area (Å²) in [5.74, 6) is 0.131. The van der Waals surface area contributed by atoms with Gasteiger partial charge in [0.2, 0.25) is 5.91 Å². The molecule has 1 aromatic carbocycles. The first-order valence-corrected chi connectivity index (χ1v) is 9.21. The number of hydrogen-bond acceptors (Lipinski definition) is 3. The van der Waals surface area contributed by atoms with Crippen molar-refractivity contribution in [1.82, 2.24) is 15.1 Å². The number of ether oxygens (including phenoxy) is 1. The van der Waals surface area contributed by atoms with E-state index in [0.29, 0.717) is 19.6 Å². The van der Waals surface area contributed by atoms with Gasteiger partial charge in [0.05, 0.1) is 18.1 Å². The summed E-state index contributed by atoms with van der Waals surface area (Å²) in [6.07, 6.45) is 2.76. The quantitative estimate of drug-likeness (QED) is 0.907. The lowest BCUT2D eigenvalue weighted by Crippen LogP contribution is -2.51. The highest BCUT2D eigenvalue weighted by Crippen LogP contribution is 2.33. The number of rotatable bonds is 3. The number of morpholine rings is 1. The summed E-state index contributed by atoms with van der Waals surface area (Å²) < 4.78 is 5.96. The Labute approximate surface area is 148 Å². The third kappa shape index (κ3) is 3.49. The van der Waals surface area contributed by atoms with E-state index in [0.717, 1.165) is 37.9 Å². The molecular weight excluding hydrogens is 318 g/mol. The lowest BCUT2D eigenvalue weighted by atomic mass is 9.99. The highest BCUT2D eigenvalue weighted by atomic mass is 16.5. The second-order valence-electron chi connectivity index (χ2n) is 7.22. The van der Waals surface area contributed by atoms with Crippen LogP contribution in [0.5, 0.6) is 0 Å². The molecule has 3 aliphatic heterocycles. The van der Waals surface area contributed by atoms with Gasteiger partial charge in [-0.2, -0.15) is 0 Å². The van der Waals surface area contributed by atoms with E-state index in [4.69, 9.17) is 4.74 Å². The van der Waals surface area contributed by atoms with E-state index < -0.39 is 0 Å². The summed E-state index contributed by atoms with van der Waals surface area (Å²) in [6, 6.07) is 9.80. The average Bonchev–Trinajstić information content (AvgIpc) is 3.28. The van der Waals surface area contributed by atoms with Crippen molar-refractivity contribution in [3.05, 3.63) is 35.9 Å². The highest BCUT2D eigenvalue weighted by molar-refractivity contribution is 5.80. The van der Waals surface area contributed by atoms with Gasteiger partial charge in [0, 0.05) is 32.7 Å².